The Hall–Kier alpha value is -3.34. The highest BCUT2D eigenvalue weighted by Gasteiger charge is 2.39. The topological polar surface area (TPSA) is 54.5 Å². The SMILES string of the molecule is COc1ccccc1N[C@H]1c2ncccc2C(=O)N1c1ccc(C)cc1. The largest absolute Gasteiger partial charge is 0.495 e. The van der Waals surface area contributed by atoms with Crippen molar-refractivity contribution in [2.24, 2.45) is 0 Å². The van der Waals surface area contributed by atoms with E-state index >= 15 is 0 Å². The highest BCUT2D eigenvalue weighted by molar-refractivity contribution is 6.11. The molecule has 1 amide bonds. The van der Waals surface area contributed by atoms with Gasteiger partial charge in [0, 0.05) is 11.9 Å². The van der Waals surface area contributed by atoms with Gasteiger partial charge in [0.2, 0.25) is 0 Å². The number of rotatable bonds is 4. The molecule has 0 spiro atoms. The zero-order valence-electron chi connectivity index (χ0n) is 14.6. The van der Waals surface area contributed by atoms with Crippen LogP contribution in [0.4, 0.5) is 11.4 Å². The molecule has 26 heavy (non-hydrogen) atoms. The minimum atomic E-state index is -0.405. The number of carbonyl (C=O) groups excluding carboxylic acids is 1. The van der Waals surface area contributed by atoms with Crippen LogP contribution in [0.3, 0.4) is 0 Å². The summed E-state index contributed by atoms with van der Waals surface area (Å²) in [6.45, 7) is 2.02. The Kier molecular flexibility index (Phi) is 4.05. The average Bonchev–Trinajstić information content (AvgIpc) is 2.95. The van der Waals surface area contributed by atoms with Crippen LogP contribution in [0.25, 0.3) is 0 Å². The second-order valence-corrected chi connectivity index (χ2v) is 6.19. The predicted octanol–water partition coefficient (Wildman–Crippen LogP) is 4.17. The van der Waals surface area contributed by atoms with Crippen molar-refractivity contribution in [1.82, 2.24) is 4.98 Å². The molecule has 0 saturated heterocycles. The smallest absolute Gasteiger partial charge is 0.262 e. The van der Waals surface area contributed by atoms with Crippen molar-refractivity contribution in [1.29, 1.82) is 0 Å². The van der Waals surface area contributed by atoms with Gasteiger partial charge in [-0.25, -0.2) is 0 Å². The van der Waals surface area contributed by atoms with Gasteiger partial charge < -0.3 is 10.1 Å². The van der Waals surface area contributed by atoms with E-state index in [-0.39, 0.29) is 5.91 Å². The maximum absolute atomic E-state index is 13.1. The first kappa shape index (κ1) is 16.1. The molecule has 3 aromatic rings. The molecule has 1 atom stereocenters. The summed E-state index contributed by atoms with van der Waals surface area (Å²) in [5.41, 5.74) is 4.10. The summed E-state index contributed by atoms with van der Waals surface area (Å²) < 4.78 is 5.44. The molecule has 5 nitrogen and oxygen atoms in total. The van der Waals surface area contributed by atoms with E-state index in [4.69, 9.17) is 4.74 Å². The number of hydrogen-bond acceptors (Lipinski definition) is 4. The molecule has 0 unspecified atom stereocenters. The van der Waals surface area contributed by atoms with Crippen LogP contribution in [-0.2, 0) is 0 Å². The molecule has 1 aromatic heterocycles. The summed E-state index contributed by atoms with van der Waals surface area (Å²) in [6.07, 6.45) is 1.31. The highest BCUT2D eigenvalue weighted by Crippen LogP contribution is 2.38. The summed E-state index contributed by atoms with van der Waals surface area (Å²) in [5, 5.41) is 3.43. The first-order valence-electron chi connectivity index (χ1n) is 8.44. The molecule has 0 radical (unpaired) electrons. The normalized spacial score (nSPS) is 15.7. The lowest BCUT2D eigenvalue weighted by molar-refractivity contribution is 0.0993. The molecular weight excluding hydrogens is 326 g/mol. The standard InChI is InChI=1S/C21H19N3O2/c1-14-9-11-15(12-10-14)24-20(19-16(21(24)25)6-5-13-22-19)23-17-7-3-4-8-18(17)26-2/h3-13,20,23H,1-2H3/t20-/m1/s1. The number of carbonyl (C=O) groups is 1. The predicted molar refractivity (Wildman–Crippen MR) is 102 cm³/mol. The van der Waals surface area contributed by atoms with Crippen LogP contribution >= 0.6 is 0 Å². The van der Waals surface area contributed by atoms with Gasteiger partial charge in [-0.05, 0) is 43.3 Å². The van der Waals surface area contributed by atoms with Crippen LogP contribution in [0, 0.1) is 6.92 Å². The molecule has 2 heterocycles. The maximum Gasteiger partial charge on any atom is 0.262 e. The van der Waals surface area contributed by atoms with Crippen molar-refractivity contribution in [2.75, 3.05) is 17.3 Å². The van der Waals surface area contributed by atoms with Crippen molar-refractivity contribution >= 4 is 17.3 Å². The van der Waals surface area contributed by atoms with Crippen LogP contribution < -0.4 is 15.0 Å². The lowest BCUT2D eigenvalue weighted by Crippen LogP contribution is -2.32. The molecule has 2 aromatic carbocycles. The fraction of sp³-hybridized carbons (Fsp3) is 0.143. The van der Waals surface area contributed by atoms with E-state index in [1.165, 1.54) is 0 Å². The molecule has 0 fully saturated rings. The second-order valence-electron chi connectivity index (χ2n) is 6.19. The van der Waals surface area contributed by atoms with Gasteiger partial charge in [0.1, 0.15) is 5.75 Å². The second kappa shape index (κ2) is 6.52. The third-order valence-corrected chi connectivity index (χ3v) is 4.52. The number of benzene rings is 2. The van der Waals surface area contributed by atoms with Crippen LogP contribution in [0.5, 0.6) is 5.75 Å². The van der Waals surface area contributed by atoms with Crippen molar-refractivity contribution in [3.8, 4) is 5.75 Å². The Morgan fingerprint density at radius 2 is 1.81 bits per heavy atom. The monoisotopic (exact) mass is 345 g/mol. The molecule has 130 valence electrons. The number of anilines is 2. The molecule has 5 heteroatoms. The van der Waals surface area contributed by atoms with Crippen molar-refractivity contribution in [3.05, 3.63) is 83.7 Å². The molecule has 0 bridgehead atoms. The number of amides is 1. The Morgan fingerprint density at radius 1 is 1.04 bits per heavy atom. The molecule has 1 aliphatic rings. The number of methoxy groups -OCH3 is 1. The molecule has 4 rings (SSSR count). The lowest BCUT2D eigenvalue weighted by Gasteiger charge is -2.27. The maximum atomic E-state index is 13.1. The van der Waals surface area contributed by atoms with Gasteiger partial charge in [0.25, 0.3) is 5.91 Å². The highest BCUT2D eigenvalue weighted by atomic mass is 16.5. The number of para-hydroxylation sites is 2. The third-order valence-electron chi connectivity index (χ3n) is 4.52. The summed E-state index contributed by atoms with van der Waals surface area (Å²) in [5.74, 6) is 0.650. The Balaban J connectivity index is 1.79. The van der Waals surface area contributed by atoms with E-state index in [1.54, 1.807) is 24.3 Å². The molecule has 1 N–H and O–H groups in total. The van der Waals surface area contributed by atoms with E-state index < -0.39 is 6.17 Å². The Bertz CT molecular complexity index is 953. The number of hydrogen-bond donors (Lipinski definition) is 1. The van der Waals surface area contributed by atoms with Gasteiger partial charge in [0.15, 0.2) is 6.17 Å². The van der Waals surface area contributed by atoms with Gasteiger partial charge in [-0.15, -0.1) is 0 Å². The van der Waals surface area contributed by atoms with Crippen molar-refractivity contribution in [2.45, 2.75) is 13.1 Å². The molecule has 1 aliphatic heterocycles. The number of aryl methyl sites for hydroxylation is 1. The molecule has 0 aliphatic carbocycles. The fourth-order valence-corrected chi connectivity index (χ4v) is 3.20. The van der Waals surface area contributed by atoms with E-state index in [0.717, 1.165) is 16.9 Å². The van der Waals surface area contributed by atoms with Crippen molar-refractivity contribution < 1.29 is 9.53 Å². The zero-order valence-corrected chi connectivity index (χ0v) is 14.6. The van der Waals surface area contributed by atoms with Crippen LogP contribution in [0.2, 0.25) is 0 Å². The third kappa shape index (κ3) is 2.67. The lowest BCUT2D eigenvalue weighted by atomic mass is 10.2. The fourth-order valence-electron chi connectivity index (χ4n) is 3.20. The number of nitrogens with zero attached hydrogens (tertiary/aromatic N) is 2. The summed E-state index contributed by atoms with van der Waals surface area (Å²) in [4.78, 5) is 19.3. The van der Waals surface area contributed by atoms with Gasteiger partial charge in [-0.3, -0.25) is 14.7 Å². The molecule has 0 saturated carbocycles. The summed E-state index contributed by atoms with van der Waals surface area (Å²) >= 11 is 0. The summed E-state index contributed by atoms with van der Waals surface area (Å²) in [7, 11) is 1.63. The average molecular weight is 345 g/mol. The van der Waals surface area contributed by atoms with Crippen LogP contribution in [0.15, 0.2) is 66.9 Å². The van der Waals surface area contributed by atoms with Gasteiger partial charge >= 0.3 is 0 Å². The summed E-state index contributed by atoms with van der Waals surface area (Å²) in [6, 6.07) is 19.2. The molecular formula is C21H19N3O2. The van der Waals surface area contributed by atoms with E-state index in [2.05, 4.69) is 10.3 Å². The van der Waals surface area contributed by atoms with Gasteiger partial charge in [0.05, 0.1) is 24.1 Å². The van der Waals surface area contributed by atoms with E-state index in [1.807, 2.05) is 61.5 Å². The first-order valence-corrected chi connectivity index (χ1v) is 8.44. The number of aromatic nitrogens is 1. The Morgan fingerprint density at radius 3 is 2.58 bits per heavy atom. The Labute approximate surface area is 152 Å². The minimum Gasteiger partial charge on any atom is -0.495 e. The van der Waals surface area contributed by atoms with Crippen molar-refractivity contribution in [3.63, 3.8) is 0 Å². The number of fused-ring (bicyclic) bond motifs is 1. The van der Waals surface area contributed by atoms with E-state index in [9.17, 15) is 4.79 Å². The van der Waals surface area contributed by atoms with E-state index in [0.29, 0.717) is 17.0 Å². The number of ether oxygens (including phenoxy) is 1. The minimum absolute atomic E-state index is 0.0654. The van der Waals surface area contributed by atoms with Crippen LogP contribution in [0.1, 0.15) is 27.8 Å². The zero-order chi connectivity index (χ0) is 18.1. The van der Waals surface area contributed by atoms with Gasteiger partial charge in [-0.2, -0.15) is 0 Å². The quantitative estimate of drug-likeness (QED) is 0.771. The van der Waals surface area contributed by atoms with Crippen LogP contribution in [-0.4, -0.2) is 18.0 Å². The first-order chi connectivity index (χ1) is 12.7. The number of pyridine rings is 1. The number of nitrogens with one attached hydrogen (secondary N) is 1. The van der Waals surface area contributed by atoms with Gasteiger partial charge in [-0.1, -0.05) is 29.8 Å².